The van der Waals surface area contributed by atoms with Crippen molar-refractivity contribution in [1.29, 1.82) is 0 Å². The molecule has 0 saturated heterocycles. The molecule has 110 valence electrons. The molecule has 1 amide bonds. The van der Waals surface area contributed by atoms with Gasteiger partial charge in [-0.1, -0.05) is 25.7 Å². The SMILES string of the molecule is CC(C(=O)NC1CCCCC1)N(CCO)C1CCC1. The first-order valence-electron chi connectivity index (χ1n) is 7.89. The molecule has 2 rings (SSSR count). The zero-order valence-electron chi connectivity index (χ0n) is 12.1. The van der Waals surface area contributed by atoms with E-state index in [2.05, 4.69) is 10.2 Å². The highest BCUT2D eigenvalue weighted by Gasteiger charge is 2.32. The summed E-state index contributed by atoms with van der Waals surface area (Å²) in [5, 5.41) is 12.4. The van der Waals surface area contributed by atoms with Gasteiger partial charge in [0.2, 0.25) is 5.91 Å². The van der Waals surface area contributed by atoms with Gasteiger partial charge in [0.25, 0.3) is 0 Å². The van der Waals surface area contributed by atoms with Crippen LogP contribution in [0.25, 0.3) is 0 Å². The Morgan fingerprint density at radius 2 is 1.89 bits per heavy atom. The maximum absolute atomic E-state index is 12.3. The van der Waals surface area contributed by atoms with Crippen molar-refractivity contribution in [3.63, 3.8) is 0 Å². The van der Waals surface area contributed by atoms with Crippen LogP contribution in [0.15, 0.2) is 0 Å². The summed E-state index contributed by atoms with van der Waals surface area (Å²) in [4.78, 5) is 14.5. The zero-order chi connectivity index (χ0) is 13.7. The fourth-order valence-corrected chi connectivity index (χ4v) is 3.25. The van der Waals surface area contributed by atoms with E-state index in [9.17, 15) is 9.90 Å². The molecule has 0 spiro atoms. The Labute approximate surface area is 116 Å². The fourth-order valence-electron chi connectivity index (χ4n) is 3.25. The standard InChI is InChI=1S/C15H28N2O2/c1-12(17(10-11-18)14-8-5-9-14)15(19)16-13-6-3-2-4-7-13/h12-14,18H,2-11H2,1H3,(H,16,19). The van der Waals surface area contributed by atoms with E-state index in [1.807, 2.05) is 6.92 Å². The van der Waals surface area contributed by atoms with E-state index in [0.717, 1.165) is 12.8 Å². The van der Waals surface area contributed by atoms with Crippen LogP contribution in [0.1, 0.15) is 58.3 Å². The quantitative estimate of drug-likeness (QED) is 0.770. The van der Waals surface area contributed by atoms with Gasteiger partial charge in [0.15, 0.2) is 0 Å². The second-order valence-electron chi connectivity index (χ2n) is 6.07. The predicted molar refractivity (Wildman–Crippen MR) is 75.9 cm³/mol. The second kappa shape index (κ2) is 7.25. The lowest BCUT2D eigenvalue weighted by atomic mass is 9.90. The van der Waals surface area contributed by atoms with Gasteiger partial charge in [0, 0.05) is 18.6 Å². The van der Waals surface area contributed by atoms with E-state index in [1.54, 1.807) is 0 Å². The minimum absolute atomic E-state index is 0.112. The van der Waals surface area contributed by atoms with Crippen LogP contribution in [-0.4, -0.2) is 47.2 Å². The highest BCUT2D eigenvalue weighted by molar-refractivity contribution is 5.81. The summed E-state index contributed by atoms with van der Waals surface area (Å²) in [5.41, 5.74) is 0. The molecule has 0 heterocycles. The summed E-state index contributed by atoms with van der Waals surface area (Å²) in [6, 6.07) is 0.764. The number of hydrogen-bond acceptors (Lipinski definition) is 3. The number of carbonyl (C=O) groups excluding carboxylic acids is 1. The third kappa shape index (κ3) is 3.93. The summed E-state index contributed by atoms with van der Waals surface area (Å²) in [5.74, 6) is 0.146. The van der Waals surface area contributed by atoms with Crippen LogP contribution >= 0.6 is 0 Å². The van der Waals surface area contributed by atoms with Crippen LogP contribution in [0.3, 0.4) is 0 Å². The number of nitrogens with zero attached hydrogens (tertiary/aromatic N) is 1. The predicted octanol–water partition coefficient (Wildman–Crippen LogP) is 1.67. The molecule has 0 bridgehead atoms. The van der Waals surface area contributed by atoms with Crippen LogP contribution < -0.4 is 5.32 Å². The summed E-state index contributed by atoms with van der Waals surface area (Å²) < 4.78 is 0. The molecule has 4 heteroatoms. The van der Waals surface area contributed by atoms with E-state index in [4.69, 9.17) is 0 Å². The van der Waals surface area contributed by atoms with Gasteiger partial charge in [-0.05, 0) is 32.6 Å². The van der Waals surface area contributed by atoms with Crippen LogP contribution in [0, 0.1) is 0 Å². The lowest BCUT2D eigenvalue weighted by molar-refractivity contribution is -0.128. The lowest BCUT2D eigenvalue weighted by Crippen LogP contribution is -2.54. The van der Waals surface area contributed by atoms with Gasteiger partial charge in [-0.25, -0.2) is 0 Å². The lowest BCUT2D eigenvalue weighted by Gasteiger charge is -2.40. The Balaban J connectivity index is 1.84. The number of amides is 1. The summed E-state index contributed by atoms with van der Waals surface area (Å²) in [7, 11) is 0. The van der Waals surface area contributed by atoms with Crippen LogP contribution in [-0.2, 0) is 4.79 Å². The smallest absolute Gasteiger partial charge is 0.237 e. The van der Waals surface area contributed by atoms with E-state index in [1.165, 1.54) is 38.5 Å². The van der Waals surface area contributed by atoms with Gasteiger partial charge in [-0.3, -0.25) is 9.69 Å². The number of hydrogen-bond donors (Lipinski definition) is 2. The van der Waals surface area contributed by atoms with E-state index < -0.39 is 0 Å². The van der Waals surface area contributed by atoms with Crippen LogP contribution in [0.5, 0.6) is 0 Å². The van der Waals surface area contributed by atoms with Gasteiger partial charge in [-0.2, -0.15) is 0 Å². The maximum Gasteiger partial charge on any atom is 0.237 e. The molecule has 2 aliphatic rings. The van der Waals surface area contributed by atoms with Crippen molar-refractivity contribution in [2.45, 2.75) is 76.4 Å². The van der Waals surface area contributed by atoms with Crippen molar-refractivity contribution in [2.24, 2.45) is 0 Å². The largest absolute Gasteiger partial charge is 0.395 e. The molecular weight excluding hydrogens is 240 g/mol. The molecule has 19 heavy (non-hydrogen) atoms. The molecule has 0 aromatic heterocycles. The first-order valence-corrected chi connectivity index (χ1v) is 7.89. The van der Waals surface area contributed by atoms with Gasteiger partial charge in [0.05, 0.1) is 12.6 Å². The van der Waals surface area contributed by atoms with Crippen molar-refractivity contribution in [2.75, 3.05) is 13.2 Å². The monoisotopic (exact) mass is 268 g/mol. The van der Waals surface area contributed by atoms with Gasteiger partial charge < -0.3 is 10.4 Å². The third-order valence-corrected chi connectivity index (χ3v) is 4.73. The molecule has 4 nitrogen and oxygen atoms in total. The molecule has 2 saturated carbocycles. The Morgan fingerprint density at radius 1 is 1.21 bits per heavy atom. The Morgan fingerprint density at radius 3 is 2.42 bits per heavy atom. The maximum atomic E-state index is 12.3. The molecule has 0 radical (unpaired) electrons. The molecule has 0 aromatic rings. The van der Waals surface area contributed by atoms with Gasteiger partial charge in [-0.15, -0.1) is 0 Å². The van der Waals surface area contributed by atoms with Crippen molar-refractivity contribution < 1.29 is 9.90 Å². The molecule has 1 atom stereocenters. The van der Waals surface area contributed by atoms with E-state index >= 15 is 0 Å². The van der Waals surface area contributed by atoms with Gasteiger partial charge in [0.1, 0.15) is 0 Å². The Hall–Kier alpha value is -0.610. The van der Waals surface area contributed by atoms with Crippen molar-refractivity contribution in [3.8, 4) is 0 Å². The minimum atomic E-state index is -0.112. The van der Waals surface area contributed by atoms with Crippen molar-refractivity contribution >= 4 is 5.91 Å². The molecule has 1 unspecified atom stereocenters. The van der Waals surface area contributed by atoms with Gasteiger partial charge >= 0.3 is 0 Å². The molecule has 0 aromatic carbocycles. The number of rotatable bonds is 6. The zero-order valence-corrected chi connectivity index (χ0v) is 12.1. The minimum Gasteiger partial charge on any atom is -0.395 e. The first kappa shape index (κ1) is 14.8. The normalized spacial score (nSPS) is 23.1. The molecule has 2 N–H and O–H groups in total. The van der Waals surface area contributed by atoms with Crippen molar-refractivity contribution in [1.82, 2.24) is 10.2 Å². The number of aliphatic hydroxyl groups excluding tert-OH is 1. The topological polar surface area (TPSA) is 52.6 Å². The van der Waals surface area contributed by atoms with E-state index in [-0.39, 0.29) is 18.6 Å². The summed E-state index contributed by atoms with van der Waals surface area (Å²) in [6.45, 7) is 2.73. The average molecular weight is 268 g/mol. The second-order valence-corrected chi connectivity index (χ2v) is 6.07. The first-order chi connectivity index (χ1) is 9.22. The summed E-state index contributed by atoms with van der Waals surface area (Å²) >= 11 is 0. The molecule has 2 aliphatic carbocycles. The van der Waals surface area contributed by atoms with Crippen molar-refractivity contribution in [3.05, 3.63) is 0 Å². The molecule has 0 aliphatic heterocycles. The summed E-state index contributed by atoms with van der Waals surface area (Å²) in [6.07, 6.45) is 9.63. The highest BCUT2D eigenvalue weighted by Crippen LogP contribution is 2.26. The van der Waals surface area contributed by atoms with E-state index in [0.29, 0.717) is 18.6 Å². The third-order valence-electron chi connectivity index (χ3n) is 4.73. The average Bonchev–Trinajstić information content (AvgIpc) is 2.36. The number of aliphatic hydroxyl groups is 1. The molecular formula is C15H28N2O2. The highest BCUT2D eigenvalue weighted by atomic mass is 16.3. The Kier molecular flexibility index (Phi) is 5.64. The molecule has 2 fully saturated rings. The van der Waals surface area contributed by atoms with Crippen LogP contribution in [0.2, 0.25) is 0 Å². The Bertz CT molecular complexity index is 286. The van der Waals surface area contributed by atoms with Crippen LogP contribution in [0.4, 0.5) is 0 Å². The number of nitrogens with one attached hydrogen (secondary N) is 1. The fraction of sp³-hybridized carbons (Fsp3) is 0.933. The number of carbonyl (C=O) groups is 1.